The molecular weight excluding hydrogens is 270 g/mol. The van der Waals surface area contributed by atoms with E-state index in [2.05, 4.69) is 5.32 Å². The van der Waals surface area contributed by atoms with Crippen molar-refractivity contribution in [1.82, 2.24) is 5.32 Å². The van der Waals surface area contributed by atoms with Crippen molar-refractivity contribution >= 4 is 11.9 Å². The number of aliphatic hydroxyl groups is 1. The fourth-order valence-corrected chi connectivity index (χ4v) is 2.80. The number of rotatable bonds is 4. The molecule has 0 radical (unpaired) electrons. The third-order valence-electron chi connectivity index (χ3n) is 4.29. The number of amides is 1. The van der Waals surface area contributed by atoms with Gasteiger partial charge >= 0.3 is 5.97 Å². The lowest BCUT2D eigenvalue weighted by atomic mass is 9.70. The Bertz CT molecular complexity index is 567. The Morgan fingerprint density at radius 1 is 1.38 bits per heavy atom. The van der Waals surface area contributed by atoms with Gasteiger partial charge in [-0.3, -0.25) is 4.79 Å². The van der Waals surface area contributed by atoms with Crippen LogP contribution in [0.25, 0.3) is 0 Å². The van der Waals surface area contributed by atoms with Crippen LogP contribution in [0.15, 0.2) is 24.3 Å². The van der Waals surface area contributed by atoms with E-state index in [0.717, 1.165) is 24.0 Å². The molecule has 0 saturated heterocycles. The molecule has 0 bridgehead atoms. The highest BCUT2D eigenvalue weighted by Gasteiger charge is 2.40. The van der Waals surface area contributed by atoms with Gasteiger partial charge in [0, 0.05) is 0 Å². The molecule has 114 valence electrons. The summed E-state index contributed by atoms with van der Waals surface area (Å²) < 4.78 is 0. The molecule has 1 aromatic carbocycles. The molecule has 5 nitrogen and oxygen atoms in total. The van der Waals surface area contributed by atoms with Crippen molar-refractivity contribution < 1.29 is 19.8 Å². The highest BCUT2D eigenvalue weighted by molar-refractivity contribution is 5.89. The fourth-order valence-electron chi connectivity index (χ4n) is 2.80. The van der Waals surface area contributed by atoms with Crippen molar-refractivity contribution in [2.45, 2.75) is 44.1 Å². The lowest BCUT2D eigenvalue weighted by Gasteiger charge is -2.35. The maximum Gasteiger partial charge on any atom is 0.337 e. The third-order valence-corrected chi connectivity index (χ3v) is 4.29. The van der Waals surface area contributed by atoms with Gasteiger partial charge in [-0.15, -0.1) is 0 Å². The zero-order valence-corrected chi connectivity index (χ0v) is 12.3. The monoisotopic (exact) mass is 291 g/mol. The van der Waals surface area contributed by atoms with Crippen molar-refractivity contribution in [3.8, 4) is 0 Å². The summed E-state index contributed by atoms with van der Waals surface area (Å²) in [5.41, 5.74) is -0.487. The van der Waals surface area contributed by atoms with Gasteiger partial charge in [-0.25, -0.2) is 4.79 Å². The number of hydrogen-bond donors (Lipinski definition) is 3. The maximum atomic E-state index is 12.5. The van der Waals surface area contributed by atoms with Crippen LogP contribution in [0.1, 0.15) is 37.8 Å². The zero-order valence-electron chi connectivity index (χ0n) is 12.3. The lowest BCUT2D eigenvalue weighted by molar-refractivity contribution is -0.156. The van der Waals surface area contributed by atoms with Gasteiger partial charge in [0.1, 0.15) is 0 Å². The van der Waals surface area contributed by atoms with Gasteiger partial charge in [0.05, 0.1) is 12.0 Å². The number of fused-ring (bicyclic) bond motifs is 1. The van der Waals surface area contributed by atoms with Crippen molar-refractivity contribution in [3.05, 3.63) is 35.4 Å². The summed E-state index contributed by atoms with van der Waals surface area (Å²) in [4.78, 5) is 23.4. The van der Waals surface area contributed by atoms with E-state index in [4.69, 9.17) is 5.11 Å². The number of nitrogens with one attached hydrogen (secondary N) is 1. The van der Waals surface area contributed by atoms with E-state index in [9.17, 15) is 14.7 Å². The van der Waals surface area contributed by atoms with Crippen LogP contribution in [0.4, 0.5) is 0 Å². The number of carbonyl (C=O) groups is 2. The van der Waals surface area contributed by atoms with Gasteiger partial charge in [-0.05, 0) is 44.2 Å². The molecule has 0 aliphatic heterocycles. The summed E-state index contributed by atoms with van der Waals surface area (Å²) in [6, 6.07) is 7.83. The van der Waals surface area contributed by atoms with Gasteiger partial charge in [-0.1, -0.05) is 24.3 Å². The molecule has 0 spiro atoms. The van der Waals surface area contributed by atoms with Crippen LogP contribution in [0.3, 0.4) is 0 Å². The van der Waals surface area contributed by atoms with E-state index in [1.165, 1.54) is 6.92 Å². The van der Waals surface area contributed by atoms with Crippen molar-refractivity contribution in [2.75, 3.05) is 6.54 Å². The summed E-state index contributed by atoms with van der Waals surface area (Å²) in [7, 11) is 0. The molecule has 5 heteroatoms. The third kappa shape index (κ3) is 2.93. The number of hydrogen-bond acceptors (Lipinski definition) is 3. The van der Waals surface area contributed by atoms with Crippen LogP contribution in [-0.4, -0.2) is 34.2 Å². The molecule has 1 aliphatic rings. The van der Waals surface area contributed by atoms with Crippen molar-refractivity contribution in [3.63, 3.8) is 0 Å². The summed E-state index contributed by atoms with van der Waals surface area (Å²) in [6.45, 7) is 2.74. The molecule has 1 aromatic rings. The average Bonchev–Trinajstić information content (AvgIpc) is 2.45. The predicted molar refractivity (Wildman–Crippen MR) is 78.0 cm³/mol. The Kier molecular flexibility index (Phi) is 4.05. The molecule has 21 heavy (non-hydrogen) atoms. The molecular formula is C16H21NO4. The molecule has 2 rings (SSSR count). The molecule has 0 saturated carbocycles. The molecule has 0 heterocycles. The Hall–Kier alpha value is -1.88. The van der Waals surface area contributed by atoms with Crippen molar-refractivity contribution in [1.29, 1.82) is 0 Å². The first kappa shape index (κ1) is 15.5. The first-order chi connectivity index (χ1) is 9.77. The number of carboxylic acid groups (broad SMARTS) is 1. The molecule has 3 N–H and O–H groups in total. The second kappa shape index (κ2) is 5.48. The summed E-state index contributed by atoms with van der Waals surface area (Å²) in [6.07, 6.45) is 2.58. The quantitative estimate of drug-likeness (QED) is 0.779. The second-order valence-electron chi connectivity index (χ2n) is 6.10. The minimum Gasteiger partial charge on any atom is -0.479 e. The summed E-state index contributed by atoms with van der Waals surface area (Å²) in [5.74, 6) is -1.59. The van der Waals surface area contributed by atoms with Crippen LogP contribution in [0.5, 0.6) is 0 Å². The minimum absolute atomic E-state index is 0.240. The van der Waals surface area contributed by atoms with Crippen molar-refractivity contribution in [2.24, 2.45) is 0 Å². The smallest absolute Gasteiger partial charge is 0.337 e. The van der Waals surface area contributed by atoms with Gasteiger partial charge in [0.2, 0.25) is 5.91 Å². The highest BCUT2D eigenvalue weighted by atomic mass is 16.4. The van der Waals surface area contributed by atoms with Crippen LogP contribution >= 0.6 is 0 Å². The Labute approximate surface area is 124 Å². The van der Waals surface area contributed by atoms with Gasteiger partial charge in [-0.2, -0.15) is 0 Å². The van der Waals surface area contributed by atoms with E-state index >= 15 is 0 Å². The van der Waals surface area contributed by atoms with Crippen LogP contribution in [0, 0.1) is 0 Å². The normalized spacial score (nSPS) is 23.8. The molecule has 2 unspecified atom stereocenters. The number of benzene rings is 1. The minimum atomic E-state index is -1.96. The lowest BCUT2D eigenvalue weighted by Crippen LogP contribution is -2.51. The largest absolute Gasteiger partial charge is 0.479 e. The van der Waals surface area contributed by atoms with Gasteiger partial charge < -0.3 is 15.5 Å². The number of aryl methyl sites for hydroxylation is 1. The molecule has 0 aromatic heterocycles. The topological polar surface area (TPSA) is 86.6 Å². The van der Waals surface area contributed by atoms with Crippen LogP contribution < -0.4 is 5.32 Å². The number of carboxylic acids is 1. The fraction of sp³-hybridized carbons (Fsp3) is 0.500. The first-order valence-electron chi connectivity index (χ1n) is 7.10. The predicted octanol–water partition coefficient (Wildman–Crippen LogP) is 1.23. The standard InChI is InChI=1S/C16H21NO4/c1-15(13(18)17-10-16(2,21)14(19)20)9-5-7-11-6-3-4-8-12(11)15/h3-4,6,8,21H,5,7,9-10H2,1-2H3,(H,17,18)(H,19,20). The number of carbonyl (C=O) groups excluding carboxylic acids is 1. The van der Waals surface area contributed by atoms with E-state index < -0.39 is 17.0 Å². The Morgan fingerprint density at radius 3 is 2.71 bits per heavy atom. The van der Waals surface area contributed by atoms with Crippen LogP contribution in [0.2, 0.25) is 0 Å². The molecule has 2 atom stereocenters. The van der Waals surface area contributed by atoms with Gasteiger partial charge in [0.15, 0.2) is 5.60 Å². The summed E-state index contributed by atoms with van der Waals surface area (Å²) >= 11 is 0. The molecule has 1 amide bonds. The average molecular weight is 291 g/mol. The van der Waals surface area contributed by atoms with E-state index in [0.29, 0.717) is 6.42 Å². The van der Waals surface area contributed by atoms with E-state index in [1.807, 2.05) is 31.2 Å². The summed E-state index contributed by atoms with van der Waals surface area (Å²) in [5, 5.41) is 21.2. The molecule has 0 fully saturated rings. The highest BCUT2D eigenvalue weighted by Crippen LogP contribution is 2.37. The Balaban J connectivity index is 2.18. The van der Waals surface area contributed by atoms with E-state index in [1.54, 1.807) is 0 Å². The number of aliphatic carboxylic acids is 1. The molecule has 1 aliphatic carbocycles. The van der Waals surface area contributed by atoms with Crippen LogP contribution in [-0.2, 0) is 21.4 Å². The zero-order chi connectivity index (χ0) is 15.7. The SMILES string of the molecule is CC(O)(CNC(=O)C1(C)CCCc2ccccc21)C(=O)O. The first-order valence-corrected chi connectivity index (χ1v) is 7.10. The second-order valence-corrected chi connectivity index (χ2v) is 6.10. The maximum absolute atomic E-state index is 12.5. The Morgan fingerprint density at radius 2 is 2.05 bits per heavy atom. The van der Waals surface area contributed by atoms with Gasteiger partial charge in [0.25, 0.3) is 0 Å². The van der Waals surface area contributed by atoms with E-state index in [-0.39, 0.29) is 12.5 Å².